The molecule has 2 rings (SSSR count). The fraction of sp³-hybridized carbons (Fsp3) is 0.938. The number of esters is 1. The second-order valence-corrected chi connectivity index (χ2v) is 7.13. The molecule has 1 aliphatic heterocycles. The zero-order valence-electron chi connectivity index (χ0n) is 13.3. The first-order valence-corrected chi connectivity index (χ1v) is 8.04. The summed E-state index contributed by atoms with van der Waals surface area (Å²) in [6, 6.07) is 0. The lowest BCUT2D eigenvalue weighted by molar-refractivity contribution is -0.156. The van der Waals surface area contributed by atoms with E-state index in [1.165, 1.54) is 13.5 Å². The Balaban J connectivity index is 2.22. The van der Waals surface area contributed by atoms with Gasteiger partial charge in [-0.15, -0.1) is 0 Å². The summed E-state index contributed by atoms with van der Waals surface area (Å²) in [5, 5.41) is 3.43. The fourth-order valence-electron chi connectivity index (χ4n) is 3.77. The van der Waals surface area contributed by atoms with Gasteiger partial charge in [-0.05, 0) is 44.1 Å². The van der Waals surface area contributed by atoms with Crippen molar-refractivity contribution >= 4 is 5.97 Å². The van der Waals surface area contributed by atoms with Crippen LogP contribution in [0.3, 0.4) is 0 Å². The van der Waals surface area contributed by atoms with Gasteiger partial charge in [0.1, 0.15) is 5.54 Å². The molecular formula is C16H30N2O2. The van der Waals surface area contributed by atoms with Gasteiger partial charge in [0.2, 0.25) is 0 Å². The van der Waals surface area contributed by atoms with Crippen molar-refractivity contribution in [1.82, 2.24) is 10.2 Å². The van der Waals surface area contributed by atoms with Gasteiger partial charge < -0.3 is 10.1 Å². The van der Waals surface area contributed by atoms with Crippen LogP contribution >= 0.6 is 0 Å². The number of hydrogen-bond donors (Lipinski definition) is 1. The Morgan fingerprint density at radius 1 is 1.05 bits per heavy atom. The molecule has 116 valence electrons. The number of carbonyl (C=O) groups is 1. The van der Waals surface area contributed by atoms with E-state index in [2.05, 4.69) is 24.1 Å². The van der Waals surface area contributed by atoms with Crippen LogP contribution in [0.2, 0.25) is 0 Å². The highest BCUT2D eigenvalue weighted by Gasteiger charge is 2.46. The van der Waals surface area contributed by atoms with E-state index in [9.17, 15) is 4.79 Å². The Hall–Kier alpha value is -0.610. The fourth-order valence-corrected chi connectivity index (χ4v) is 3.77. The predicted octanol–water partition coefficient (Wildman–Crippen LogP) is 2.18. The average molecular weight is 282 g/mol. The maximum absolute atomic E-state index is 12.6. The van der Waals surface area contributed by atoms with Crippen LogP contribution in [-0.4, -0.2) is 49.7 Å². The van der Waals surface area contributed by atoms with Gasteiger partial charge in [-0.2, -0.15) is 0 Å². The molecule has 0 aromatic carbocycles. The first-order chi connectivity index (χ1) is 9.50. The molecule has 0 bridgehead atoms. The molecular weight excluding hydrogens is 252 g/mol. The van der Waals surface area contributed by atoms with Crippen molar-refractivity contribution in [2.45, 2.75) is 57.9 Å². The monoisotopic (exact) mass is 282 g/mol. The van der Waals surface area contributed by atoms with Crippen molar-refractivity contribution in [1.29, 1.82) is 0 Å². The SMILES string of the molecule is COC(=O)C1(N2CCCNCC2)CCCC(C)(C)CC1. The maximum Gasteiger partial charge on any atom is 0.326 e. The summed E-state index contributed by atoms with van der Waals surface area (Å²) in [6.07, 6.45) is 6.42. The number of nitrogens with one attached hydrogen (secondary N) is 1. The van der Waals surface area contributed by atoms with E-state index in [1.807, 2.05) is 0 Å². The van der Waals surface area contributed by atoms with Gasteiger partial charge >= 0.3 is 5.97 Å². The summed E-state index contributed by atoms with van der Waals surface area (Å²) < 4.78 is 5.21. The van der Waals surface area contributed by atoms with E-state index in [0.29, 0.717) is 5.41 Å². The van der Waals surface area contributed by atoms with Crippen molar-refractivity contribution in [3.8, 4) is 0 Å². The molecule has 1 aliphatic carbocycles. The van der Waals surface area contributed by atoms with Crippen LogP contribution in [0.4, 0.5) is 0 Å². The molecule has 1 atom stereocenters. The zero-order chi connectivity index (χ0) is 14.6. The van der Waals surface area contributed by atoms with Crippen LogP contribution in [0.15, 0.2) is 0 Å². The number of methoxy groups -OCH3 is 1. The number of carbonyl (C=O) groups excluding carboxylic acids is 1. The highest BCUT2D eigenvalue weighted by atomic mass is 16.5. The minimum Gasteiger partial charge on any atom is -0.468 e. The normalized spacial score (nSPS) is 32.1. The van der Waals surface area contributed by atoms with Gasteiger partial charge in [0.25, 0.3) is 0 Å². The molecule has 0 aromatic heterocycles. The summed E-state index contributed by atoms with van der Waals surface area (Å²) in [5.74, 6) is -0.0166. The first kappa shape index (κ1) is 15.8. The lowest BCUT2D eigenvalue weighted by Gasteiger charge is -2.41. The van der Waals surface area contributed by atoms with Gasteiger partial charge in [0.05, 0.1) is 7.11 Å². The van der Waals surface area contributed by atoms with E-state index in [4.69, 9.17) is 4.74 Å². The second-order valence-electron chi connectivity index (χ2n) is 7.13. The molecule has 1 heterocycles. The number of hydrogen-bond acceptors (Lipinski definition) is 4. The summed E-state index contributed by atoms with van der Waals surface area (Å²) in [6.45, 7) is 8.63. The van der Waals surface area contributed by atoms with Crippen molar-refractivity contribution in [3.05, 3.63) is 0 Å². The summed E-state index contributed by atoms with van der Waals surface area (Å²) in [4.78, 5) is 15.0. The largest absolute Gasteiger partial charge is 0.468 e. The van der Waals surface area contributed by atoms with Crippen LogP contribution in [0.1, 0.15) is 52.4 Å². The minimum absolute atomic E-state index is 0.0166. The second kappa shape index (κ2) is 6.44. The molecule has 1 saturated heterocycles. The molecule has 1 N–H and O–H groups in total. The molecule has 0 amide bonds. The third-order valence-corrected chi connectivity index (χ3v) is 5.17. The van der Waals surface area contributed by atoms with E-state index in [1.54, 1.807) is 0 Å². The van der Waals surface area contributed by atoms with Crippen molar-refractivity contribution in [2.24, 2.45) is 5.41 Å². The van der Waals surface area contributed by atoms with Gasteiger partial charge in [-0.1, -0.05) is 20.3 Å². The topological polar surface area (TPSA) is 41.6 Å². The average Bonchev–Trinajstić information content (AvgIpc) is 2.77. The molecule has 2 aliphatic rings. The highest BCUT2D eigenvalue weighted by Crippen LogP contribution is 2.41. The molecule has 0 spiro atoms. The molecule has 4 nitrogen and oxygen atoms in total. The molecule has 0 aromatic rings. The highest BCUT2D eigenvalue weighted by molar-refractivity contribution is 5.80. The molecule has 0 radical (unpaired) electrons. The number of rotatable bonds is 2. The molecule has 2 fully saturated rings. The summed E-state index contributed by atoms with van der Waals surface area (Å²) in [5.41, 5.74) is -0.0333. The van der Waals surface area contributed by atoms with Crippen LogP contribution in [0.5, 0.6) is 0 Å². The zero-order valence-corrected chi connectivity index (χ0v) is 13.3. The van der Waals surface area contributed by atoms with Gasteiger partial charge in [0, 0.05) is 19.6 Å². The summed E-state index contributed by atoms with van der Waals surface area (Å²) >= 11 is 0. The van der Waals surface area contributed by atoms with E-state index in [0.717, 1.165) is 58.3 Å². The number of ether oxygens (including phenoxy) is 1. The maximum atomic E-state index is 12.6. The third-order valence-electron chi connectivity index (χ3n) is 5.17. The van der Waals surface area contributed by atoms with E-state index in [-0.39, 0.29) is 11.5 Å². The molecule has 20 heavy (non-hydrogen) atoms. The lowest BCUT2D eigenvalue weighted by atomic mass is 9.82. The van der Waals surface area contributed by atoms with Crippen LogP contribution in [-0.2, 0) is 9.53 Å². The Labute approximate surface area is 123 Å². The van der Waals surface area contributed by atoms with Gasteiger partial charge in [-0.3, -0.25) is 9.69 Å². The smallest absolute Gasteiger partial charge is 0.326 e. The van der Waals surface area contributed by atoms with Crippen LogP contribution in [0.25, 0.3) is 0 Å². The predicted molar refractivity (Wildman–Crippen MR) is 80.7 cm³/mol. The minimum atomic E-state index is -0.380. The molecule has 1 saturated carbocycles. The Morgan fingerprint density at radius 2 is 1.85 bits per heavy atom. The van der Waals surface area contributed by atoms with Crippen LogP contribution < -0.4 is 5.32 Å². The summed E-state index contributed by atoms with van der Waals surface area (Å²) in [7, 11) is 1.54. The van der Waals surface area contributed by atoms with Crippen molar-refractivity contribution in [3.63, 3.8) is 0 Å². The van der Waals surface area contributed by atoms with E-state index < -0.39 is 0 Å². The molecule has 4 heteroatoms. The standard InChI is InChI=1S/C16H30N2O2/c1-15(2)6-4-7-16(9-8-15,14(19)20-3)18-12-5-10-17-11-13-18/h17H,4-13H2,1-3H3. The van der Waals surface area contributed by atoms with Gasteiger partial charge in [0.15, 0.2) is 0 Å². The lowest BCUT2D eigenvalue weighted by Crippen LogP contribution is -2.56. The third kappa shape index (κ3) is 3.34. The van der Waals surface area contributed by atoms with Crippen molar-refractivity contribution in [2.75, 3.05) is 33.3 Å². The Kier molecular flexibility index (Phi) is 5.08. The quantitative estimate of drug-likeness (QED) is 0.623. The van der Waals surface area contributed by atoms with Crippen LogP contribution in [0, 0.1) is 5.41 Å². The molecule has 1 unspecified atom stereocenters. The van der Waals surface area contributed by atoms with Gasteiger partial charge in [-0.25, -0.2) is 0 Å². The Bertz CT molecular complexity index is 335. The number of nitrogens with zero attached hydrogens (tertiary/aromatic N) is 1. The van der Waals surface area contributed by atoms with Crippen molar-refractivity contribution < 1.29 is 9.53 Å². The first-order valence-electron chi connectivity index (χ1n) is 8.04. The Morgan fingerprint density at radius 3 is 2.60 bits per heavy atom. The van der Waals surface area contributed by atoms with E-state index >= 15 is 0 Å².